The molecule has 0 fully saturated rings. The van der Waals surface area contributed by atoms with Crippen LogP contribution < -0.4 is 5.32 Å². The van der Waals surface area contributed by atoms with Crippen molar-refractivity contribution >= 4 is 11.3 Å². The number of unbranched alkanes of at least 4 members (excludes halogenated alkanes) is 3. The fourth-order valence-electron chi connectivity index (χ4n) is 2.07. The van der Waals surface area contributed by atoms with Crippen LogP contribution in [0.1, 0.15) is 55.7 Å². The number of aryl methyl sites for hydroxylation is 1. The molecule has 0 bridgehead atoms. The van der Waals surface area contributed by atoms with E-state index in [4.69, 9.17) is 4.74 Å². The summed E-state index contributed by atoms with van der Waals surface area (Å²) in [7, 11) is 0. The van der Waals surface area contributed by atoms with E-state index < -0.39 is 0 Å². The van der Waals surface area contributed by atoms with Crippen LogP contribution in [0.2, 0.25) is 0 Å². The van der Waals surface area contributed by atoms with Gasteiger partial charge in [-0.25, -0.2) is 0 Å². The van der Waals surface area contributed by atoms with Crippen LogP contribution >= 0.6 is 11.3 Å². The molecule has 0 spiro atoms. The van der Waals surface area contributed by atoms with Gasteiger partial charge in [-0.3, -0.25) is 0 Å². The van der Waals surface area contributed by atoms with Gasteiger partial charge in [0.05, 0.1) is 12.7 Å². The second-order valence-electron chi connectivity index (χ2n) is 5.22. The van der Waals surface area contributed by atoms with Gasteiger partial charge >= 0.3 is 0 Å². The Morgan fingerprint density at radius 3 is 2.79 bits per heavy atom. The van der Waals surface area contributed by atoms with E-state index in [1.807, 2.05) is 11.3 Å². The first kappa shape index (κ1) is 16.7. The summed E-state index contributed by atoms with van der Waals surface area (Å²) < 4.78 is 5.81. The van der Waals surface area contributed by atoms with Crippen LogP contribution in [0.3, 0.4) is 0 Å². The zero-order valence-corrected chi connectivity index (χ0v) is 13.5. The molecule has 0 amide bonds. The standard InChI is InChI=1S/C16H29NOS/c1-4-5-6-7-8-14(2)18-12-11-17-13-16-10-9-15(3)19-16/h9-10,14,17H,4-8,11-13H2,1-3H3. The van der Waals surface area contributed by atoms with Crippen LogP contribution in [0.15, 0.2) is 12.1 Å². The van der Waals surface area contributed by atoms with Crippen molar-refractivity contribution in [1.29, 1.82) is 0 Å². The zero-order valence-electron chi connectivity index (χ0n) is 12.7. The Hall–Kier alpha value is -0.380. The molecule has 110 valence electrons. The predicted octanol–water partition coefficient (Wildman–Crippen LogP) is 4.52. The quantitative estimate of drug-likeness (QED) is 0.603. The molecule has 1 unspecified atom stereocenters. The highest BCUT2D eigenvalue weighted by Gasteiger charge is 2.01. The van der Waals surface area contributed by atoms with Crippen LogP contribution in [-0.4, -0.2) is 19.3 Å². The van der Waals surface area contributed by atoms with Gasteiger partial charge < -0.3 is 10.1 Å². The van der Waals surface area contributed by atoms with E-state index in [1.54, 1.807) is 0 Å². The van der Waals surface area contributed by atoms with Crippen molar-refractivity contribution in [3.8, 4) is 0 Å². The van der Waals surface area contributed by atoms with Crippen molar-refractivity contribution in [3.63, 3.8) is 0 Å². The van der Waals surface area contributed by atoms with Crippen molar-refractivity contribution in [3.05, 3.63) is 21.9 Å². The van der Waals surface area contributed by atoms with Gasteiger partial charge in [-0.05, 0) is 32.4 Å². The molecule has 0 aliphatic rings. The van der Waals surface area contributed by atoms with E-state index >= 15 is 0 Å². The number of hydrogen-bond acceptors (Lipinski definition) is 3. The smallest absolute Gasteiger partial charge is 0.0594 e. The van der Waals surface area contributed by atoms with Crippen molar-refractivity contribution in [2.75, 3.05) is 13.2 Å². The monoisotopic (exact) mass is 283 g/mol. The molecular formula is C16H29NOS. The van der Waals surface area contributed by atoms with E-state index in [9.17, 15) is 0 Å². The van der Waals surface area contributed by atoms with Gasteiger partial charge in [0.1, 0.15) is 0 Å². The summed E-state index contributed by atoms with van der Waals surface area (Å²) in [6, 6.07) is 4.38. The predicted molar refractivity (Wildman–Crippen MR) is 84.9 cm³/mol. The molecule has 0 aromatic carbocycles. The van der Waals surface area contributed by atoms with Crippen molar-refractivity contribution in [1.82, 2.24) is 5.32 Å². The third-order valence-corrected chi connectivity index (χ3v) is 4.24. The van der Waals surface area contributed by atoms with Gasteiger partial charge in [0.2, 0.25) is 0 Å². The van der Waals surface area contributed by atoms with Crippen LogP contribution in [0.25, 0.3) is 0 Å². The van der Waals surface area contributed by atoms with Crippen LogP contribution in [0.4, 0.5) is 0 Å². The SMILES string of the molecule is CCCCCCC(C)OCCNCc1ccc(C)s1. The van der Waals surface area contributed by atoms with Gasteiger partial charge in [-0.2, -0.15) is 0 Å². The molecule has 3 heteroatoms. The molecule has 0 saturated carbocycles. The Balaban J connectivity index is 1.92. The maximum atomic E-state index is 5.81. The van der Waals surface area contributed by atoms with E-state index in [0.29, 0.717) is 6.10 Å². The van der Waals surface area contributed by atoms with E-state index in [0.717, 1.165) is 19.7 Å². The molecule has 0 saturated heterocycles. The number of nitrogens with one attached hydrogen (secondary N) is 1. The van der Waals surface area contributed by atoms with Crippen LogP contribution in [-0.2, 0) is 11.3 Å². The topological polar surface area (TPSA) is 21.3 Å². The normalized spacial score (nSPS) is 12.8. The average Bonchev–Trinajstić information content (AvgIpc) is 2.80. The van der Waals surface area contributed by atoms with Crippen molar-refractivity contribution < 1.29 is 4.74 Å². The molecule has 1 heterocycles. The number of hydrogen-bond donors (Lipinski definition) is 1. The Morgan fingerprint density at radius 2 is 2.11 bits per heavy atom. The Kier molecular flexibility index (Phi) is 9.14. The minimum absolute atomic E-state index is 0.405. The first-order valence-corrected chi connectivity index (χ1v) is 8.41. The highest BCUT2D eigenvalue weighted by molar-refractivity contribution is 7.11. The van der Waals surface area contributed by atoms with Crippen LogP contribution in [0.5, 0.6) is 0 Å². The minimum Gasteiger partial charge on any atom is -0.377 e. The lowest BCUT2D eigenvalue weighted by Crippen LogP contribution is -2.21. The second kappa shape index (κ2) is 10.4. The number of thiophene rings is 1. The van der Waals surface area contributed by atoms with Crippen molar-refractivity contribution in [2.45, 2.75) is 65.5 Å². The Labute approximate surface area is 122 Å². The molecule has 0 radical (unpaired) electrons. The summed E-state index contributed by atoms with van der Waals surface area (Å²) in [5.74, 6) is 0. The summed E-state index contributed by atoms with van der Waals surface area (Å²) in [5, 5.41) is 3.43. The number of rotatable bonds is 11. The first-order chi connectivity index (χ1) is 9.22. The summed E-state index contributed by atoms with van der Waals surface area (Å²) in [6.07, 6.45) is 6.92. The Morgan fingerprint density at radius 1 is 1.26 bits per heavy atom. The molecular weight excluding hydrogens is 254 g/mol. The number of ether oxygens (including phenoxy) is 1. The van der Waals surface area contributed by atoms with Crippen molar-refractivity contribution in [2.24, 2.45) is 0 Å². The molecule has 0 aliphatic heterocycles. The van der Waals surface area contributed by atoms with Gasteiger partial charge in [0.15, 0.2) is 0 Å². The molecule has 1 aromatic heterocycles. The largest absolute Gasteiger partial charge is 0.377 e. The van der Waals surface area contributed by atoms with Gasteiger partial charge in [0.25, 0.3) is 0 Å². The fraction of sp³-hybridized carbons (Fsp3) is 0.750. The second-order valence-corrected chi connectivity index (χ2v) is 6.59. The third kappa shape index (κ3) is 8.40. The summed E-state index contributed by atoms with van der Waals surface area (Å²) in [6.45, 7) is 9.31. The Bertz CT molecular complexity index is 324. The average molecular weight is 283 g/mol. The summed E-state index contributed by atoms with van der Waals surface area (Å²) in [5.41, 5.74) is 0. The van der Waals surface area contributed by atoms with E-state index in [-0.39, 0.29) is 0 Å². The summed E-state index contributed by atoms with van der Waals surface area (Å²) >= 11 is 1.86. The lowest BCUT2D eigenvalue weighted by atomic mass is 10.1. The zero-order chi connectivity index (χ0) is 13.9. The molecule has 1 atom stereocenters. The fourth-order valence-corrected chi connectivity index (χ4v) is 2.93. The lowest BCUT2D eigenvalue weighted by Gasteiger charge is -2.13. The maximum Gasteiger partial charge on any atom is 0.0594 e. The maximum absolute atomic E-state index is 5.81. The summed E-state index contributed by atoms with van der Waals surface area (Å²) in [4.78, 5) is 2.79. The third-order valence-electron chi connectivity index (χ3n) is 3.24. The van der Waals surface area contributed by atoms with E-state index in [2.05, 4.69) is 38.2 Å². The molecule has 2 nitrogen and oxygen atoms in total. The molecule has 0 aliphatic carbocycles. The van der Waals surface area contributed by atoms with Gasteiger partial charge in [0, 0.05) is 22.8 Å². The van der Waals surface area contributed by atoms with E-state index in [1.165, 1.54) is 41.9 Å². The van der Waals surface area contributed by atoms with Gasteiger partial charge in [-0.1, -0.05) is 32.6 Å². The first-order valence-electron chi connectivity index (χ1n) is 7.60. The van der Waals surface area contributed by atoms with Gasteiger partial charge in [-0.15, -0.1) is 11.3 Å². The molecule has 1 rings (SSSR count). The van der Waals surface area contributed by atoms with Crippen LogP contribution in [0, 0.1) is 6.92 Å². The minimum atomic E-state index is 0.405. The highest BCUT2D eigenvalue weighted by Crippen LogP contribution is 2.14. The molecule has 19 heavy (non-hydrogen) atoms. The lowest BCUT2D eigenvalue weighted by molar-refractivity contribution is 0.0603. The molecule has 1 N–H and O–H groups in total. The molecule has 1 aromatic rings. The highest BCUT2D eigenvalue weighted by atomic mass is 32.1.